The number of nitrogens with two attached hydrogens (primary N) is 1. The molecule has 3 fully saturated rings. The molecule has 0 saturated heterocycles. The number of Topliss-reactive ketones (excluding diaryl/α,β-unsaturated/α-hetero) is 2. The molecule has 1 aromatic carbocycles. The molecule has 12 heteroatoms. The number of hydrogen-bond acceptors (Lipinski definition) is 11. The number of carbonyl (C=O) groups is 3. The Bertz CT molecular complexity index is 2000. The molecule has 3 heterocycles. The molecule has 2 aromatic rings. The minimum atomic E-state index is -2.24. The van der Waals surface area contributed by atoms with Crippen LogP contribution in [0.2, 0.25) is 0 Å². The first-order valence-corrected chi connectivity index (χ1v) is 18.8. The summed E-state index contributed by atoms with van der Waals surface area (Å²) in [7, 11) is 2.78. The zero-order chi connectivity index (χ0) is 39.5. The highest BCUT2D eigenvalue weighted by Crippen LogP contribution is 2.67. The lowest BCUT2D eigenvalue weighted by Gasteiger charge is -2.66. The number of esters is 1. The lowest BCUT2D eigenvalue weighted by Crippen LogP contribution is -2.81. The molecule has 1 aromatic heterocycles. The largest absolute Gasteiger partial charge is 0.495 e. The van der Waals surface area contributed by atoms with Crippen LogP contribution in [0, 0.1) is 23.7 Å². The Balaban J connectivity index is 1.67. The number of hydrogen-bond donors (Lipinski definition) is 2. The first kappa shape index (κ1) is 39.0. The van der Waals surface area contributed by atoms with Gasteiger partial charge in [-0.2, -0.15) is 0 Å². The van der Waals surface area contributed by atoms with E-state index in [1.54, 1.807) is 6.92 Å². The Morgan fingerprint density at radius 1 is 1.09 bits per heavy atom. The Morgan fingerprint density at radius 2 is 1.80 bits per heavy atom. The van der Waals surface area contributed by atoms with Crippen LogP contribution in [0.5, 0.6) is 17.2 Å². The lowest BCUT2D eigenvalue weighted by molar-refractivity contribution is -0.250. The number of rotatable bonds is 11. The molecule has 7 unspecified atom stereocenters. The molecule has 3 N–H and O–H groups in total. The van der Waals surface area contributed by atoms with Crippen molar-refractivity contribution in [3.63, 3.8) is 0 Å². The van der Waals surface area contributed by atoms with Crippen LogP contribution in [0.3, 0.4) is 0 Å². The van der Waals surface area contributed by atoms with Crippen molar-refractivity contribution in [1.82, 2.24) is 14.8 Å². The van der Waals surface area contributed by atoms with Crippen molar-refractivity contribution in [2.75, 3.05) is 20.0 Å². The van der Waals surface area contributed by atoms with E-state index in [2.05, 4.69) is 30.0 Å². The van der Waals surface area contributed by atoms with E-state index in [1.165, 1.54) is 36.9 Å². The van der Waals surface area contributed by atoms with Gasteiger partial charge in [-0.15, -0.1) is 5.10 Å². The molecule has 1 spiro atoms. The summed E-state index contributed by atoms with van der Waals surface area (Å²) in [5, 5.41) is 17.6. The van der Waals surface area contributed by atoms with Crippen molar-refractivity contribution in [3.8, 4) is 17.2 Å². The Kier molecular flexibility index (Phi) is 10.2. The summed E-state index contributed by atoms with van der Waals surface area (Å²) in [6.07, 6.45) is 13.0. The quantitative estimate of drug-likeness (QED) is 0.145. The van der Waals surface area contributed by atoms with E-state index in [1.807, 2.05) is 52.8 Å². The molecule has 2 bridgehead atoms. The number of carbonyl (C=O) groups excluding carboxylic acids is 3. The summed E-state index contributed by atoms with van der Waals surface area (Å²) in [4.78, 5) is 47.4. The number of nitrogen functional groups attached to an aromatic ring is 1. The first-order chi connectivity index (χ1) is 25.4. The van der Waals surface area contributed by atoms with Crippen LogP contribution in [0.15, 0.2) is 47.4 Å². The average Bonchev–Trinajstić information content (AvgIpc) is 3.55. The molecule has 0 radical (unpaired) electrons. The van der Waals surface area contributed by atoms with Gasteiger partial charge in [0, 0.05) is 29.4 Å². The number of fused-ring (bicyclic) bond motifs is 4. The molecule has 12 nitrogen and oxygen atoms in total. The second-order valence-electron chi connectivity index (χ2n) is 16.3. The van der Waals surface area contributed by atoms with Crippen LogP contribution in [-0.2, 0) is 20.7 Å². The number of methoxy groups -OCH3 is 2. The summed E-state index contributed by atoms with van der Waals surface area (Å²) >= 11 is 0. The van der Waals surface area contributed by atoms with Gasteiger partial charge in [-0.1, -0.05) is 43.2 Å². The van der Waals surface area contributed by atoms with E-state index in [4.69, 9.17) is 24.7 Å². The van der Waals surface area contributed by atoms with Crippen LogP contribution >= 0.6 is 0 Å². The normalized spacial score (nSPS) is 29.4. The summed E-state index contributed by atoms with van der Waals surface area (Å²) < 4.78 is 26.9. The smallest absolute Gasteiger partial charge is 0.333 e. The second-order valence-corrected chi connectivity index (χ2v) is 16.3. The van der Waals surface area contributed by atoms with Crippen molar-refractivity contribution in [2.45, 2.75) is 110 Å². The molecule has 54 heavy (non-hydrogen) atoms. The van der Waals surface area contributed by atoms with Gasteiger partial charge in [0.25, 0.3) is 0 Å². The van der Waals surface area contributed by atoms with Crippen LogP contribution in [0.4, 0.5) is 5.95 Å². The number of nitrogens with zero attached hydrogens (tertiary/aromatic N) is 3. The molecule has 2 aliphatic heterocycles. The second kappa shape index (κ2) is 14.2. The summed E-state index contributed by atoms with van der Waals surface area (Å²) in [6.45, 7) is 15.7. The lowest BCUT2D eigenvalue weighted by atomic mass is 9.43. The van der Waals surface area contributed by atoms with Crippen LogP contribution in [-0.4, -0.2) is 68.4 Å². The molecule has 7 atom stereocenters. The third-order valence-electron chi connectivity index (χ3n) is 11.9. The van der Waals surface area contributed by atoms with E-state index < -0.39 is 52.4 Å². The van der Waals surface area contributed by atoms with Crippen molar-refractivity contribution < 1.29 is 38.4 Å². The minimum absolute atomic E-state index is 0.0135. The molecular weight excluding hydrogens is 688 g/mol. The zero-order valence-corrected chi connectivity index (χ0v) is 33.1. The highest BCUT2D eigenvalue weighted by atomic mass is 16.5. The van der Waals surface area contributed by atoms with Gasteiger partial charge < -0.3 is 29.8 Å². The van der Waals surface area contributed by atoms with Gasteiger partial charge in [-0.3, -0.25) is 9.59 Å². The van der Waals surface area contributed by atoms with Crippen LogP contribution < -0.4 is 19.9 Å². The van der Waals surface area contributed by atoms with E-state index in [0.717, 1.165) is 12.0 Å². The van der Waals surface area contributed by atoms with Crippen molar-refractivity contribution >= 4 is 29.6 Å². The maximum absolute atomic E-state index is 15.7. The zero-order valence-electron chi connectivity index (χ0n) is 33.1. The predicted octanol–water partition coefficient (Wildman–Crippen LogP) is 6.58. The number of aliphatic hydroxyl groups is 1. The van der Waals surface area contributed by atoms with Crippen LogP contribution in [0.25, 0.3) is 6.08 Å². The molecule has 5 aliphatic rings. The van der Waals surface area contributed by atoms with Gasteiger partial charge in [0.05, 0.1) is 31.7 Å². The van der Waals surface area contributed by atoms with Crippen molar-refractivity contribution in [3.05, 3.63) is 64.0 Å². The fraction of sp³-hybridized carbons (Fsp3) is 0.548. The maximum atomic E-state index is 15.7. The van der Waals surface area contributed by atoms with E-state index in [-0.39, 0.29) is 41.0 Å². The standard InChI is InChI=1S/C42H54N4O8/c1-22(2)12-11-17-40(8)18-16-27-34(53-40)26(14-13-23(3)4)36-30(35(27)51-9)33(47)31-32(46-21-44-39(43)45-46)28-20-29(24(5)6)42(31,54-36)41(50,37(28)48)19-15-25(7)38(49)52-10/h12-13,15-16,18,21,24,28-29,31-32,50H,11,14,17,19-20H2,1-10H3,(H2,43,45). The minimum Gasteiger partial charge on any atom is -0.495 e. The molecular formula is C42H54N4O8. The number of anilines is 1. The molecule has 0 amide bonds. The summed E-state index contributed by atoms with van der Waals surface area (Å²) in [5.41, 5.74) is 5.20. The van der Waals surface area contributed by atoms with Crippen molar-refractivity contribution in [2.24, 2.45) is 23.7 Å². The van der Waals surface area contributed by atoms with Gasteiger partial charge in [0.1, 0.15) is 34.7 Å². The SMILES string of the molecule is COC(=O)C(C)=CCC1(O)C(=O)C2CC(C(C)C)C13Oc1c(CC=C(C)C)c4c(c(OC)c1C(=O)C3C2n1cnc(N)n1)C=CC(C)(CCC=C(C)C)O4. The average molecular weight is 743 g/mol. The monoisotopic (exact) mass is 742 g/mol. The van der Waals surface area contributed by atoms with Gasteiger partial charge in [-0.05, 0) is 85.3 Å². The Hall–Kier alpha value is -4.71. The predicted molar refractivity (Wildman–Crippen MR) is 204 cm³/mol. The molecule has 3 aliphatic carbocycles. The number of benzene rings is 1. The third-order valence-corrected chi connectivity index (χ3v) is 11.9. The first-order valence-electron chi connectivity index (χ1n) is 18.8. The maximum Gasteiger partial charge on any atom is 0.333 e. The van der Waals surface area contributed by atoms with E-state index in [9.17, 15) is 14.7 Å². The number of allylic oxidation sites excluding steroid dienone is 4. The number of ether oxygens (including phenoxy) is 4. The Morgan fingerprint density at radius 3 is 2.39 bits per heavy atom. The fourth-order valence-electron chi connectivity index (χ4n) is 9.24. The molecule has 7 rings (SSSR count). The molecule has 3 saturated carbocycles. The van der Waals surface area contributed by atoms with Crippen molar-refractivity contribution in [1.29, 1.82) is 0 Å². The molecule has 290 valence electrons. The topological polar surface area (TPSA) is 165 Å². The van der Waals surface area contributed by atoms with Gasteiger partial charge in [-0.25, -0.2) is 14.5 Å². The van der Waals surface area contributed by atoms with Gasteiger partial charge in [0.15, 0.2) is 22.8 Å². The number of aromatic nitrogens is 3. The van der Waals surface area contributed by atoms with E-state index >= 15 is 4.79 Å². The fourth-order valence-corrected chi connectivity index (χ4v) is 9.24. The number of ketones is 2. The summed E-state index contributed by atoms with van der Waals surface area (Å²) in [6, 6.07) is -0.879. The highest BCUT2D eigenvalue weighted by molar-refractivity contribution is 6.10. The van der Waals surface area contributed by atoms with Crippen LogP contribution in [0.1, 0.15) is 109 Å². The van der Waals surface area contributed by atoms with E-state index in [0.29, 0.717) is 41.9 Å². The Labute approximate surface area is 317 Å². The van der Waals surface area contributed by atoms with Gasteiger partial charge in [0.2, 0.25) is 5.95 Å². The van der Waals surface area contributed by atoms with Gasteiger partial charge >= 0.3 is 5.97 Å². The summed E-state index contributed by atoms with van der Waals surface area (Å²) in [5.74, 6) is -3.03. The third kappa shape index (κ3) is 6.06. The highest BCUT2D eigenvalue weighted by Gasteiger charge is 2.79.